The molecule has 0 aromatic heterocycles. The van der Waals surface area contributed by atoms with Crippen LogP contribution in [0.3, 0.4) is 0 Å². The summed E-state index contributed by atoms with van der Waals surface area (Å²) in [6, 6.07) is 14.8. The highest BCUT2D eigenvalue weighted by molar-refractivity contribution is 14.1. The number of esters is 1. The van der Waals surface area contributed by atoms with Crippen molar-refractivity contribution < 1.29 is 14.3 Å². The molecule has 1 fully saturated rings. The Morgan fingerprint density at radius 2 is 1.97 bits per heavy atom. The van der Waals surface area contributed by atoms with E-state index in [9.17, 15) is 9.59 Å². The van der Waals surface area contributed by atoms with Gasteiger partial charge < -0.3 is 9.64 Å². The average Bonchev–Trinajstić information content (AvgIpc) is 2.96. The molecule has 2 aromatic carbocycles. The lowest BCUT2D eigenvalue weighted by atomic mass is 9.53. The molecule has 3 atom stereocenters. The van der Waals surface area contributed by atoms with Gasteiger partial charge in [-0.3, -0.25) is 9.59 Å². The number of hydrogen-bond donors (Lipinski definition) is 0. The van der Waals surface area contributed by atoms with Gasteiger partial charge in [0, 0.05) is 34.2 Å². The minimum absolute atomic E-state index is 0.0958. The molecular formula is C32H38INO3. The largest absolute Gasteiger partial charge is 0.469 e. The second-order valence-corrected chi connectivity index (χ2v) is 12.6. The van der Waals surface area contributed by atoms with E-state index >= 15 is 0 Å². The summed E-state index contributed by atoms with van der Waals surface area (Å²) in [5.41, 5.74) is 3.49. The van der Waals surface area contributed by atoms with Crippen LogP contribution in [0, 0.1) is 26.7 Å². The smallest absolute Gasteiger partial charge is 0.311 e. The Hall–Kier alpha value is -2.33. The summed E-state index contributed by atoms with van der Waals surface area (Å²) in [6.07, 6.45) is 4.51. The molecule has 1 saturated carbocycles. The van der Waals surface area contributed by atoms with Crippen LogP contribution in [0.4, 0.5) is 5.69 Å². The van der Waals surface area contributed by atoms with E-state index in [1.807, 2.05) is 24.0 Å². The number of anilines is 1. The van der Waals surface area contributed by atoms with Gasteiger partial charge in [-0.15, -0.1) is 0 Å². The SMILES string of the molecule is COC(=O)[C@]1(C)CCC[C@]2(C)c3ccc(C(C)C)cc3N(CCCC#Cc3cccc(I)c3)C(=O)C[C@@H]12. The van der Waals surface area contributed by atoms with Crippen LogP contribution in [-0.2, 0) is 19.7 Å². The second kappa shape index (κ2) is 11.2. The van der Waals surface area contributed by atoms with Crippen LogP contribution < -0.4 is 4.90 Å². The van der Waals surface area contributed by atoms with Gasteiger partial charge in [0.1, 0.15) is 0 Å². The van der Waals surface area contributed by atoms with Crippen molar-refractivity contribution >= 4 is 40.2 Å². The highest BCUT2D eigenvalue weighted by Crippen LogP contribution is 2.57. The molecule has 0 unspecified atom stereocenters. The first-order chi connectivity index (χ1) is 17.6. The third-order valence-electron chi connectivity index (χ3n) is 8.60. The lowest BCUT2D eigenvalue weighted by Gasteiger charge is -2.50. The van der Waals surface area contributed by atoms with E-state index in [0.29, 0.717) is 18.9 Å². The number of ether oxygens (including phenoxy) is 1. The minimum Gasteiger partial charge on any atom is -0.469 e. The molecule has 1 amide bonds. The Morgan fingerprint density at radius 3 is 2.68 bits per heavy atom. The van der Waals surface area contributed by atoms with Gasteiger partial charge in [-0.25, -0.2) is 0 Å². The zero-order valence-corrected chi connectivity index (χ0v) is 24.9. The number of nitrogens with zero attached hydrogens (tertiary/aromatic N) is 1. The van der Waals surface area contributed by atoms with Crippen LogP contribution in [-0.4, -0.2) is 25.5 Å². The molecular weight excluding hydrogens is 573 g/mol. The van der Waals surface area contributed by atoms with Crippen molar-refractivity contribution in [3.63, 3.8) is 0 Å². The second-order valence-electron chi connectivity index (χ2n) is 11.3. The van der Waals surface area contributed by atoms with E-state index in [1.165, 1.54) is 21.8 Å². The van der Waals surface area contributed by atoms with Gasteiger partial charge in [-0.1, -0.05) is 57.2 Å². The maximum atomic E-state index is 13.9. The highest BCUT2D eigenvalue weighted by Gasteiger charge is 2.57. The molecule has 0 N–H and O–H groups in total. The van der Waals surface area contributed by atoms with Gasteiger partial charge in [0.2, 0.25) is 5.91 Å². The number of carbonyl (C=O) groups is 2. The average molecular weight is 612 g/mol. The first kappa shape index (κ1) is 27.7. The Morgan fingerprint density at radius 1 is 1.19 bits per heavy atom. The molecule has 0 bridgehead atoms. The van der Waals surface area contributed by atoms with Crippen LogP contribution in [0.1, 0.15) is 88.8 Å². The molecule has 2 aliphatic rings. The molecule has 4 nitrogen and oxygen atoms in total. The van der Waals surface area contributed by atoms with E-state index in [-0.39, 0.29) is 23.2 Å². The Labute approximate surface area is 235 Å². The van der Waals surface area contributed by atoms with Crippen molar-refractivity contribution in [2.45, 2.75) is 77.6 Å². The van der Waals surface area contributed by atoms with Crippen molar-refractivity contribution in [2.75, 3.05) is 18.6 Å². The predicted molar refractivity (Wildman–Crippen MR) is 158 cm³/mol. The zero-order chi connectivity index (χ0) is 26.8. The number of halogens is 1. The summed E-state index contributed by atoms with van der Waals surface area (Å²) >= 11 is 2.30. The molecule has 0 spiro atoms. The van der Waals surface area contributed by atoms with E-state index in [4.69, 9.17) is 4.74 Å². The van der Waals surface area contributed by atoms with Crippen molar-refractivity contribution in [1.29, 1.82) is 0 Å². The Bertz CT molecular complexity index is 1240. The summed E-state index contributed by atoms with van der Waals surface area (Å²) in [6.45, 7) is 9.25. The lowest BCUT2D eigenvalue weighted by molar-refractivity contribution is -0.161. The van der Waals surface area contributed by atoms with Crippen LogP contribution >= 0.6 is 22.6 Å². The number of fused-ring (bicyclic) bond motifs is 3. The van der Waals surface area contributed by atoms with Crippen LogP contribution in [0.5, 0.6) is 0 Å². The Kier molecular flexibility index (Phi) is 8.38. The highest BCUT2D eigenvalue weighted by atomic mass is 127. The summed E-state index contributed by atoms with van der Waals surface area (Å²) in [5.74, 6) is 6.70. The summed E-state index contributed by atoms with van der Waals surface area (Å²) in [4.78, 5) is 29.0. The quantitative estimate of drug-likeness (QED) is 0.155. The number of amides is 1. The number of carbonyl (C=O) groups excluding carboxylic acids is 2. The van der Waals surface area contributed by atoms with Crippen LogP contribution in [0.2, 0.25) is 0 Å². The standard InChI is InChI=1S/C32H38INO3/c1-22(2)24-14-15-26-27(20-24)34(18-8-6-7-11-23-12-9-13-25(33)19-23)29(35)21-28-31(26,3)16-10-17-32(28,4)30(36)37-5/h9,12-15,19-20,22,28H,6,8,10,16-18,21H2,1-5H3/t28-,31-,32-/m1/s1. The number of methoxy groups -OCH3 is 1. The molecule has 1 aliphatic heterocycles. The number of benzene rings is 2. The van der Waals surface area contributed by atoms with Crippen LogP contribution in [0.25, 0.3) is 0 Å². The summed E-state index contributed by atoms with van der Waals surface area (Å²) in [7, 11) is 1.46. The van der Waals surface area contributed by atoms with Gasteiger partial charge in [0.15, 0.2) is 0 Å². The van der Waals surface area contributed by atoms with Crippen molar-refractivity contribution in [3.05, 3.63) is 62.7 Å². The topological polar surface area (TPSA) is 46.6 Å². The van der Waals surface area contributed by atoms with Crippen molar-refractivity contribution in [2.24, 2.45) is 11.3 Å². The maximum Gasteiger partial charge on any atom is 0.311 e. The number of hydrogen-bond acceptors (Lipinski definition) is 3. The summed E-state index contributed by atoms with van der Waals surface area (Å²) in [5, 5.41) is 0. The van der Waals surface area contributed by atoms with Gasteiger partial charge in [0.25, 0.3) is 0 Å². The van der Waals surface area contributed by atoms with E-state index in [1.54, 1.807) is 0 Å². The molecule has 2 aromatic rings. The van der Waals surface area contributed by atoms with Gasteiger partial charge in [-0.05, 0) is 101 Å². The third-order valence-corrected chi connectivity index (χ3v) is 9.27. The van der Waals surface area contributed by atoms with Crippen molar-refractivity contribution in [1.82, 2.24) is 0 Å². The normalized spacial score (nSPS) is 25.0. The first-order valence-corrected chi connectivity index (χ1v) is 14.5. The minimum atomic E-state index is -0.680. The summed E-state index contributed by atoms with van der Waals surface area (Å²) < 4.78 is 6.46. The fraction of sp³-hybridized carbons (Fsp3) is 0.500. The molecule has 0 saturated heterocycles. The first-order valence-electron chi connectivity index (χ1n) is 13.4. The molecule has 37 heavy (non-hydrogen) atoms. The van der Waals surface area contributed by atoms with E-state index in [2.05, 4.69) is 85.5 Å². The van der Waals surface area contributed by atoms with Crippen LogP contribution in [0.15, 0.2) is 42.5 Å². The predicted octanol–water partition coefficient (Wildman–Crippen LogP) is 7.22. The van der Waals surface area contributed by atoms with Gasteiger partial charge >= 0.3 is 5.97 Å². The number of rotatable bonds is 5. The zero-order valence-electron chi connectivity index (χ0n) is 22.7. The molecule has 196 valence electrons. The monoisotopic (exact) mass is 611 g/mol. The van der Waals surface area contributed by atoms with Gasteiger partial charge in [-0.2, -0.15) is 0 Å². The maximum absolute atomic E-state index is 13.9. The fourth-order valence-corrected chi connectivity index (χ4v) is 7.00. The molecule has 1 heterocycles. The molecule has 5 heteroatoms. The molecule has 1 aliphatic carbocycles. The number of unbranched alkanes of at least 4 members (excludes halogenated alkanes) is 1. The fourth-order valence-electron chi connectivity index (χ4n) is 6.46. The molecule has 0 radical (unpaired) electrons. The van der Waals surface area contributed by atoms with Crippen molar-refractivity contribution in [3.8, 4) is 11.8 Å². The molecule has 4 rings (SSSR count). The van der Waals surface area contributed by atoms with E-state index in [0.717, 1.165) is 43.4 Å². The lowest BCUT2D eigenvalue weighted by Crippen LogP contribution is -2.51. The Balaban J connectivity index is 1.67. The van der Waals surface area contributed by atoms with E-state index < -0.39 is 5.41 Å². The third kappa shape index (κ3) is 5.46. The van der Waals surface area contributed by atoms with Gasteiger partial charge in [0.05, 0.1) is 12.5 Å².